The zero-order valence-corrected chi connectivity index (χ0v) is 11.2. The molecule has 0 bridgehead atoms. The predicted octanol–water partition coefficient (Wildman–Crippen LogP) is 2.89. The Morgan fingerprint density at radius 3 is 3.00 bits per heavy atom. The Bertz CT molecular complexity index is 403. The van der Waals surface area contributed by atoms with Crippen molar-refractivity contribution in [3.05, 3.63) is 29.8 Å². The van der Waals surface area contributed by atoms with Gasteiger partial charge in [0, 0.05) is 18.3 Å². The third-order valence-corrected chi connectivity index (χ3v) is 3.69. The normalized spacial score (nSPS) is 18.9. The van der Waals surface area contributed by atoms with Crippen molar-refractivity contribution in [1.29, 1.82) is 0 Å². The Hall–Kier alpha value is -1.09. The van der Waals surface area contributed by atoms with Gasteiger partial charge in [-0.1, -0.05) is 30.4 Å². The molecule has 92 valence electrons. The van der Waals surface area contributed by atoms with Gasteiger partial charge in [-0.3, -0.25) is 0 Å². The summed E-state index contributed by atoms with van der Waals surface area (Å²) in [4.78, 5) is 3.12. The lowest BCUT2D eigenvalue weighted by Gasteiger charge is -2.37. The second-order valence-electron chi connectivity index (χ2n) is 4.78. The molecule has 0 fully saturated rings. The highest BCUT2D eigenvalue weighted by atomic mass is 32.1. The van der Waals surface area contributed by atoms with Gasteiger partial charge < -0.3 is 10.6 Å². The summed E-state index contributed by atoms with van der Waals surface area (Å²) in [7, 11) is 0. The largest absolute Gasteiger partial charge is 0.393 e. The van der Waals surface area contributed by atoms with Gasteiger partial charge in [0.25, 0.3) is 0 Å². The van der Waals surface area contributed by atoms with E-state index in [1.165, 1.54) is 24.1 Å². The van der Waals surface area contributed by atoms with Crippen molar-refractivity contribution >= 4 is 22.9 Å². The first-order valence-corrected chi connectivity index (χ1v) is 6.72. The summed E-state index contributed by atoms with van der Waals surface area (Å²) in [5, 5.41) is 0. The van der Waals surface area contributed by atoms with E-state index in [1.807, 2.05) is 0 Å². The quantitative estimate of drug-likeness (QED) is 0.831. The van der Waals surface area contributed by atoms with E-state index in [1.54, 1.807) is 0 Å². The van der Waals surface area contributed by atoms with Crippen LogP contribution in [0.4, 0.5) is 5.69 Å². The molecule has 1 atom stereocenters. The van der Waals surface area contributed by atoms with Crippen LogP contribution in [0.3, 0.4) is 0 Å². The molecule has 0 radical (unpaired) electrons. The van der Waals surface area contributed by atoms with Gasteiger partial charge in [-0.05, 0) is 44.2 Å². The molecule has 2 N–H and O–H groups in total. The first kappa shape index (κ1) is 12.4. The lowest BCUT2D eigenvalue weighted by atomic mass is 9.96. The number of nitrogens with zero attached hydrogens (tertiary/aromatic N) is 1. The Kier molecular flexibility index (Phi) is 4.00. The van der Waals surface area contributed by atoms with Crippen molar-refractivity contribution in [2.45, 2.75) is 38.6 Å². The average molecular weight is 248 g/mol. The number of benzene rings is 1. The number of hydrogen-bond acceptors (Lipinski definition) is 2. The second-order valence-corrected chi connectivity index (χ2v) is 5.30. The molecule has 0 aromatic heterocycles. The van der Waals surface area contributed by atoms with Crippen LogP contribution in [-0.4, -0.2) is 17.6 Å². The number of anilines is 1. The van der Waals surface area contributed by atoms with E-state index in [0.29, 0.717) is 11.0 Å². The number of thiocarbonyl (C=S) groups is 1. The van der Waals surface area contributed by atoms with Crippen molar-refractivity contribution in [2.24, 2.45) is 5.73 Å². The van der Waals surface area contributed by atoms with E-state index in [-0.39, 0.29) is 0 Å². The van der Waals surface area contributed by atoms with E-state index in [2.05, 4.69) is 36.1 Å². The number of hydrogen-bond donors (Lipinski definition) is 1. The van der Waals surface area contributed by atoms with E-state index in [0.717, 1.165) is 19.4 Å². The molecule has 0 saturated heterocycles. The average Bonchev–Trinajstić information content (AvgIpc) is 2.32. The fourth-order valence-electron chi connectivity index (χ4n) is 2.52. The lowest BCUT2D eigenvalue weighted by molar-refractivity contribution is 0.555. The summed E-state index contributed by atoms with van der Waals surface area (Å²) in [5.74, 6) is 0. The molecule has 2 nitrogen and oxygen atoms in total. The maximum atomic E-state index is 5.55. The maximum absolute atomic E-state index is 5.55. The minimum atomic E-state index is 0.622. The fourth-order valence-corrected chi connectivity index (χ4v) is 2.67. The van der Waals surface area contributed by atoms with Gasteiger partial charge in [-0.15, -0.1) is 0 Å². The number of para-hydroxylation sites is 1. The minimum Gasteiger partial charge on any atom is -0.393 e. The van der Waals surface area contributed by atoms with Crippen LogP contribution in [0.15, 0.2) is 24.3 Å². The molecule has 0 aliphatic carbocycles. The Morgan fingerprint density at radius 2 is 2.24 bits per heavy atom. The van der Waals surface area contributed by atoms with Crippen molar-refractivity contribution < 1.29 is 0 Å². The second kappa shape index (κ2) is 5.50. The maximum Gasteiger partial charge on any atom is 0.0728 e. The van der Waals surface area contributed by atoms with Gasteiger partial charge in [-0.2, -0.15) is 0 Å². The molecule has 17 heavy (non-hydrogen) atoms. The molecule has 1 aromatic carbocycles. The van der Waals surface area contributed by atoms with Crippen LogP contribution in [0.1, 0.15) is 31.7 Å². The van der Waals surface area contributed by atoms with Crippen LogP contribution in [0.25, 0.3) is 0 Å². The smallest absolute Gasteiger partial charge is 0.0728 e. The lowest BCUT2D eigenvalue weighted by Crippen LogP contribution is -2.38. The summed E-state index contributed by atoms with van der Waals surface area (Å²) in [6, 6.07) is 9.34. The van der Waals surface area contributed by atoms with E-state index < -0.39 is 0 Å². The molecular weight excluding hydrogens is 228 g/mol. The summed E-state index contributed by atoms with van der Waals surface area (Å²) in [5.41, 5.74) is 8.42. The Balaban J connectivity index is 2.07. The SMILES string of the molecule is CC1CCc2ccccc2N1CCCC(N)=S. The molecule has 1 aliphatic rings. The van der Waals surface area contributed by atoms with Crippen LogP contribution in [0, 0.1) is 0 Å². The fraction of sp³-hybridized carbons (Fsp3) is 0.500. The highest BCUT2D eigenvalue weighted by Crippen LogP contribution is 2.30. The minimum absolute atomic E-state index is 0.622. The molecule has 1 aromatic rings. The van der Waals surface area contributed by atoms with Gasteiger partial charge >= 0.3 is 0 Å². The van der Waals surface area contributed by atoms with Gasteiger partial charge in [0.1, 0.15) is 0 Å². The molecule has 3 heteroatoms. The van der Waals surface area contributed by atoms with E-state index in [4.69, 9.17) is 18.0 Å². The topological polar surface area (TPSA) is 29.3 Å². The van der Waals surface area contributed by atoms with Crippen LogP contribution < -0.4 is 10.6 Å². The van der Waals surface area contributed by atoms with Crippen molar-refractivity contribution in [3.8, 4) is 0 Å². The number of rotatable bonds is 4. The van der Waals surface area contributed by atoms with Crippen molar-refractivity contribution in [1.82, 2.24) is 0 Å². The monoisotopic (exact) mass is 248 g/mol. The molecular formula is C14H20N2S. The van der Waals surface area contributed by atoms with Gasteiger partial charge in [0.2, 0.25) is 0 Å². The number of nitrogens with two attached hydrogens (primary N) is 1. The molecule has 1 heterocycles. The third kappa shape index (κ3) is 2.97. The molecule has 2 rings (SSSR count). The Morgan fingerprint density at radius 1 is 1.47 bits per heavy atom. The Labute approximate surface area is 109 Å². The summed E-state index contributed by atoms with van der Waals surface area (Å²) < 4.78 is 0. The van der Waals surface area contributed by atoms with Gasteiger partial charge in [0.05, 0.1) is 4.99 Å². The van der Waals surface area contributed by atoms with Crippen LogP contribution in [0.2, 0.25) is 0 Å². The summed E-state index contributed by atoms with van der Waals surface area (Å²) in [6.07, 6.45) is 4.34. The summed E-state index contributed by atoms with van der Waals surface area (Å²) >= 11 is 4.93. The molecule has 1 unspecified atom stereocenters. The van der Waals surface area contributed by atoms with E-state index >= 15 is 0 Å². The highest BCUT2D eigenvalue weighted by Gasteiger charge is 2.21. The summed E-state index contributed by atoms with van der Waals surface area (Å²) in [6.45, 7) is 3.35. The zero-order chi connectivity index (χ0) is 12.3. The van der Waals surface area contributed by atoms with Crippen LogP contribution in [0.5, 0.6) is 0 Å². The van der Waals surface area contributed by atoms with Gasteiger partial charge in [0.15, 0.2) is 0 Å². The van der Waals surface area contributed by atoms with Crippen molar-refractivity contribution in [2.75, 3.05) is 11.4 Å². The van der Waals surface area contributed by atoms with Crippen LogP contribution in [-0.2, 0) is 6.42 Å². The number of fused-ring (bicyclic) bond motifs is 1. The zero-order valence-electron chi connectivity index (χ0n) is 10.4. The standard InChI is InChI=1S/C14H20N2S/c1-11-8-9-12-5-2-3-6-13(12)16(11)10-4-7-14(15)17/h2-3,5-6,11H,4,7-10H2,1H3,(H2,15,17). The van der Waals surface area contributed by atoms with Gasteiger partial charge in [-0.25, -0.2) is 0 Å². The molecule has 0 amide bonds. The highest BCUT2D eigenvalue weighted by molar-refractivity contribution is 7.80. The van der Waals surface area contributed by atoms with E-state index in [9.17, 15) is 0 Å². The van der Waals surface area contributed by atoms with Crippen molar-refractivity contribution in [3.63, 3.8) is 0 Å². The molecule has 0 saturated carbocycles. The molecule has 0 spiro atoms. The van der Waals surface area contributed by atoms with Crippen LogP contribution >= 0.6 is 12.2 Å². The number of aryl methyl sites for hydroxylation is 1. The first-order chi connectivity index (χ1) is 8.18. The third-order valence-electron chi connectivity index (χ3n) is 3.49. The predicted molar refractivity (Wildman–Crippen MR) is 77.6 cm³/mol. The molecule has 1 aliphatic heterocycles. The first-order valence-electron chi connectivity index (χ1n) is 6.31.